The van der Waals surface area contributed by atoms with Gasteiger partial charge in [-0.3, -0.25) is 0 Å². The number of ether oxygens (including phenoxy) is 3. The Balaban J connectivity index is 1.97. The molecule has 0 amide bonds. The molecule has 2 fully saturated rings. The van der Waals surface area contributed by atoms with Gasteiger partial charge in [-0.15, -0.1) is 0 Å². The van der Waals surface area contributed by atoms with Gasteiger partial charge in [0.05, 0.1) is 18.6 Å². The normalized spacial score (nSPS) is 35.9. The van der Waals surface area contributed by atoms with E-state index in [0.717, 1.165) is 30.4 Å². The standard InChI is InChI=1S/C16H20O5/c1-9-14-12(20-15(9)18)6-10(8-17)4-3-5-11-7-13(14)21-16(11)19-2/h5-6,12-14,16-17H,1,3-4,7-8H2,2H3. The third-order valence-corrected chi connectivity index (χ3v) is 4.39. The molecule has 0 aromatic rings. The first kappa shape index (κ1) is 14.5. The van der Waals surface area contributed by atoms with Crippen molar-refractivity contribution in [3.8, 4) is 0 Å². The van der Waals surface area contributed by atoms with E-state index in [-0.39, 0.29) is 30.9 Å². The lowest BCUT2D eigenvalue weighted by atomic mass is 9.86. The first-order chi connectivity index (χ1) is 10.1. The summed E-state index contributed by atoms with van der Waals surface area (Å²) in [4.78, 5) is 11.8. The lowest BCUT2D eigenvalue weighted by Gasteiger charge is -2.22. The number of methoxy groups -OCH3 is 1. The van der Waals surface area contributed by atoms with Crippen LogP contribution in [0.15, 0.2) is 35.5 Å². The van der Waals surface area contributed by atoms with Gasteiger partial charge in [0.25, 0.3) is 0 Å². The number of fused-ring (bicyclic) bond motifs is 4. The van der Waals surface area contributed by atoms with Gasteiger partial charge in [0, 0.05) is 19.1 Å². The van der Waals surface area contributed by atoms with Gasteiger partial charge in [-0.25, -0.2) is 4.79 Å². The van der Waals surface area contributed by atoms with E-state index >= 15 is 0 Å². The third-order valence-electron chi connectivity index (χ3n) is 4.39. The van der Waals surface area contributed by atoms with Crippen LogP contribution in [0.5, 0.6) is 0 Å². The first-order valence-corrected chi connectivity index (χ1v) is 7.21. The zero-order chi connectivity index (χ0) is 15.0. The first-order valence-electron chi connectivity index (χ1n) is 7.21. The number of aliphatic hydroxyl groups excluding tert-OH is 1. The fourth-order valence-electron chi connectivity index (χ4n) is 3.29. The minimum Gasteiger partial charge on any atom is -0.454 e. The molecule has 4 unspecified atom stereocenters. The highest BCUT2D eigenvalue weighted by atomic mass is 16.7. The zero-order valence-electron chi connectivity index (χ0n) is 12.1. The van der Waals surface area contributed by atoms with Crippen molar-refractivity contribution in [3.05, 3.63) is 35.5 Å². The summed E-state index contributed by atoms with van der Waals surface area (Å²) in [6.45, 7) is 3.83. The molecule has 3 aliphatic rings. The van der Waals surface area contributed by atoms with E-state index in [2.05, 4.69) is 12.7 Å². The fourth-order valence-corrected chi connectivity index (χ4v) is 3.29. The molecular formula is C16H20O5. The van der Waals surface area contributed by atoms with Crippen LogP contribution in [-0.2, 0) is 19.0 Å². The van der Waals surface area contributed by atoms with Gasteiger partial charge in [0.1, 0.15) is 6.10 Å². The Kier molecular flexibility index (Phi) is 3.97. The molecular weight excluding hydrogens is 272 g/mol. The molecule has 0 saturated carbocycles. The average molecular weight is 292 g/mol. The quantitative estimate of drug-likeness (QED) is 0.474. The van der Waals surface area contributed by atoms with E-state index in [9.17, 15) is 9.90 Å². The van der Waals surface area contributed by atoms with Crippen LogP contribution in [0.1, 0.15) is 19.3 Å². The molecule has 5 heteroatoms. The fraction of sp³-hybridized carbons (Fsp3) is 0.562. The van der Waals surface area contributed by atoms with Crippen LogP contribution in [-0.4, -0.2) is 43.3 Å². The molecule has 2 bridgehead atoms. The molecule has 1 aliphatic carbocycles. The van der Waals surface area contributed by atoms with Crippen LogP contribution in [0.4, 0.5) is 0 Å². The van der Waals surface area contributed by atoms with Crippen molar-refractivity contribution >= 4 is 5.97 Å². The monoisotopic (exact) mass is 292 g/mol. The summed E-state index contributed by atoms with van der Waals surface area (Å²) in [5.41, 5.74) is 2.41. The lowest BCUT2D eigenvalue weighted by Crippen LogP contribution is -2.29. The Bertz CT molecular complexity index is 519. The van der Waals surface area contributed by atoms with Crippen molar-refractivity contribution < 1.29 is 24.1 Å². The van der Waals surface area contributed by atoms with E-state index in [1.807, 2.05) is 6.08 Å². The number of esters is 1. The summed E-state index contributed by atoms with van der Waals surface area (Å²) in [7, 11) is 1.61. The predicted octanol–water partition coefficient (Wildman–Crippen LogP) is 1.48. The van der Waals surface area contributed by atoms with Crippen LogP contribution in [0.25, 0.3) is 0 Å². The summed E-state index contributed by atoms with van der Waals surface area (Å²) >= 11 is 0. The van der Waals surface area contributed by atoms with Crippen molar-refractivity contribution in [2.24, 2.45) is 5.92 Å². The smallest absolute Gasteiger partial charge is 0.334 e. The molecule has 2 saturated heterocycles. The molecule has 0 radical (unpaired) electrons. The Hall–Kier alpha value is -1.43. The Morgan fingerprint density at radius 3 is 3.05 bits per heavy atom. The highest BCUT2D eigenvalue weighted by molar-refractivity contribution is 5.91. The van der Waals surface area contributed by atoms with Crippen LogP contribution in [0.2, 0.25) is 0 Å². The third kappa shape index (κ3) is 2.57. The Morgan fingerprint density at radius 1 is 1.52 bits per heavy atom. The van der Waals surface area contributed by atoms with Gasteiger partial charge < -0.3 is 19.3 Å². The SMILES string of the molecule is C=C1C(=O)OC2C=C(CO)CCC=C3CC(OC3OC)C12. The van der Waals surface area contributed by atoms with Crippen LogP contribution >= 0.6 is 0 Å². The second kappa shape index (κ2) is 5.75. The molecule has 114 valence electrons. The van der Waals surface area contributed by atoms with Gasteiger partial charge in [0.15, 0.2) is 6.29 Å². The Morgan fingerprint density at radius 2 is 2.33 bits per heavy atom. The molecule has 0 aromatic heterocycles. The number of hydrogen-bond acceptors (Lipinski definition) is 5. The summed E-state index contributed by atoms with van der Waals surface area (Å²) in [6.07, 6.45) is 5.26. The van der Waals surface area contributed by atoms with Gasteiger partial charge in [-0.2, -0.15) is 0 Å². The van der Waals surface area contributed by atoms with Crippen molar-refractivity contribution in [1.29, 1.82) is 0 Å². The Labute approximate surface area is 123 Å². The van der Waals surface area contributed by atoms with E-state index < -0.39 is 6.10 Å². The number of aliphatic hydroxyl groups is 1. The van der Waals surface area contributed by atoms with E-state index in [1.165, 1.54) is 0 Å². The molecule has 3 rings (SSSR count). The second-order valence-corrected chi connectivity index (χ2v) is 5.67. The minimum absolute atomic E-state index is 0.0321. The van der Waals surface area contributed by atoms with Crippen LogP contribution < -0.4 is 0 Å². The maximum absolute atomic E-state index is 11.8. The molecule has 0 spiro atoms. The maximum atomic E-state index is 11.8. The minimum atomic E-state index is -0.410. The van der Waals surface area contributed by atoms with Gasteiger partial charge in [0.2, 0.25) is 0 Å². The molecule has 21 heavy (non-hydrogen) atoms. The van der Waals surface area contributed by atoms with Crippen LogP contribution in [0.3, 0.4) is 0 Å². The average Bonchev–Trinajstić information content (AvgIpc) is 2.99. The number of allylic oxidation sites excluding steroid dienone is 1. The molecule has 2 aliphatic heterocycles. The second-order valence-electron chi connectivity index (χ2n) is 5.67. The molecule has 4 atom stereocenters. The largest absolute Gasteiger partial charge is 0.454 e. The van der Waals surface area contributed by atoms with Gasteiger partial charge in [-0.1, -0.05) is 12.7 Å². The predicted molar refractivity (Wildman–Crippen MR) is 75.3 cm³/mol. The highest BCUT2D eigenvalue weighted by Gasteiger charge is 2.47. The number of hydrogen-bond donors (Lipinski definition) is 1. The van der Waals surface area contributed by atoms with E-state index in [1.54, 1.807) is 7.11 Å². The summed E-state index contributed by atoms with van der Waals surface area (Å²) < 4.78 is 16.7. The lowest BCUT2D eigenvalue weighted by molar-refractivity contribution is -0.138. The van der Waals surface area contributed by atoms with E-state index in [0.29, 0.717) is 5.57 Å². The zero-order valence-corrected chi connectivity index (χ0v) is 12.1. The van der Waals surface area contributed by atoms with Crippen molar-refractivity contribution in [2.75, 3.05) is 13.7 Å². The van der Waals surface area contributed by atoms with Crippen molar-refractivity contribution in [3.63, 3.8) is 0 Å². The number of rotatable bonds is 2. The van der Waals surface area contributed by atoms with E-state index in [4.69, 9.17) is 14.2 Å². The summed E-state index contributed by atoms with van der Waals surface area (Å²) in [5.74, 6) is -0.603. The summed E-state index contributed by atoms with van der Waals surface area (Å²) in [6, 6.07) is 0. The maximum Gasteiger partial charge on any atom is 0.334 e. The number of carbonyl (C=O) groups is 1. The molecule has 1 N–H and O–H groups in total. The topological polar surface area (TPSA) is 65.0 Å². The van der Waals surface area contributed by atoms with Crippen molar-refractivity contribution in [1.82, 2.24) is 0 Å². The number of carbonyl (C=O) groups excluding carboxylic acids is 1. The molecule has 0 aromatic carbocycles. The van der Waals surface area contributed by atoms with Crippen LogP contribution in [0, 0.1) is 5.92 Å². The van der Waals surface area contributed by atoms with Gasteiger partial charge in [-0.05, 0) is 30.1 Å². The highest BCUT2D eigenvalue weighted by Crippen LogP contribution is 2.41. The van der Waals surface area contributed by atoms with Gasteiger partial charge >= 0.3 is 5.97 Å². The van der Waals surface area contributed by atoms with Crippen molar-refractivity contribution in [2.45, 2.75) is 37.8 Å². The summed E-state index contributed by atoms with van der Waals surface area (Å²) in [5, 5.41) is 9.46. The molecule has 2 heterocycles. The molecule has 5 nitrogen and oxygen atoms in total.